The lowest BCUT2D eigenvalue weighted by molar-refractivity contribution is 0.105. The minimum Gasteiger partial charge on any atom is -0.494 e. The lowest BCUT2D eigenvalue weighted by Gasteiger charge is -2.20. The van der Waals surface area contributed by atoms with Crippen molar-refractivity contribution in [2.24, 2.45) is 0 Å². The zero-order chi connectivity index (χ0) is 25.2. The van der Waals surface area contributed by atoms with E-state index in [1.54, 1.807) is 0 Å². The normalized spacial score (nSPS) is 11.2. The molecule has 0 saturated heterocycles. The lowest BCUT2D eigenvalue weighted by atomic mass is 10.0. The van der Waals surface area contributed by atoms with Gasteiger partial charge >= 0.3 is 0 Å². The Kier molecular flexibility index (Phi) is 6.67. The van der Waals surface area contributed by atoms with Crippen molar-refractivity contribution in [2.45, 2.75) is 20.8 Å². The summed E-state index contributed by atoms with van der Waals surface area (Å²) in [6.07, 6.45) is 0. The van der Waals surface area contributed by atoms with E-state index >= 15 is 0 Å². The van der Waals surface area contributed by atoms with E-state index in [-0.39, 0.29) is 11.0 Å². The van der Waals surface area contributed by atoms with Crippen LogP contribution in [0.25, 0.3) is 21.5 Å². The van der Waals surface area contributed by atoms with Gasteiger partial charge in [-0.2, -0.15) is 0 Å². The number of carbonyl (C=O) groups excluding carboxylic acids is 2. The van der Waals surface area contributed by atoms with Crippen LogP contribution < -0.4 is 10.0 Å². The molecule has 3 nitrogen and oxygen atoms in total. The van der Waals surface area contributed by atoms with Gasteiger partial charge in [-0.1, -0.05) is 72.8 Å². The Labute approximate surface area is 212 Å². The molecule has 0 bridgehead atoms. The summed E-state index contributed by atoms with van der Waals surface area (Å²) < 4.78 is 5.62. The molecule has 0 aliphatic rings. The summed E-state index contributed by atoms with van der Waals surface area (Å²) >= 11 is 0. The van der Waals surface area contributed by atoms with E-state index in [0.29, 0.717) is 17.7 Å². The zero-order valence-corrected chi connectivity index (χ0v) is 21.5. The molecule has 5 aromatic carbocycles. The molecule has 0 radical (unpaired) electrons. The molecule has 178 valence electrons. The van der Waals surface area contributed by atoms with Crippen LogP contribution in [0.3, 0.4) is 0 Å². The number of aryl methyl sites for hydroxylation is 2. The highest BCUT2D eigenvalue weighted by molar-refractivity contribution is 7.96. The van der Waals surface area contributed by atoms with Gasteiger partial charge in [0.2, 0.25) is 0 Å². The Hall–Kier alpha value is -3.81. The highest BCUT2D eigenvalue weighted by Crippen LogP contribution is 2.46. The van der Waals surface area contributed by atoms with Gasteiger partial charge in [-0.05, 0) is 83.0 Å². The van der Waals surface area contributed by atoms with Gasteiger partial charge in [-0.15, -0.1) is 0 Å². The molecule has 4 heteroatoms. The summed E-state index contributed by atoms with van der Waals surface area (Å²) in [6.45, 7) is 6.37. The Balaban J connectivity index is 1.72. The minimum atomic E-state index is -1.86. The fraction of sp³-hybridized carbons (Fsp3) is 0.125. The third kappa shape index (κ3) is 4.32. The maximum Gasteiger partial charge on any atom is 0.197 e. The molecule has 0 amide bonds. The molecule has 0 aromatic heterocycles. The molecular formula is C32H27O3P. The first kappa shape index (κ1) is 23.9. The van der Waals surface area contributed by atoms with Gasteiger partial charge in [0.25, 0.3) is 0 Å². The number of carbonyl (C=O) groups is 2. The van der Waals surface area contributed by atoms with Gasteiger partial charge in [0.05, 0.1) is 14.5 Å². The second-order valence-electron chi connectivity index (χ2n) is 8.83. The fourth-order valence-electron chi connectivity index (χ4n) is 4.74. The summed E-state index contributed by atoms with van der Waals surface area (Å²) in [4.78, 5) is 28.9. The van der Waals surface area contributed by atoms with Crippen LogP contribution in [-0.4, -0.2) is 17.7 Å². The topological polar surface area (TPSA) is 43.4 Å². The van der Waals surface area contributed by atoms with Crippen LogP contribution in [-0.2, 0) is 0 Å². The van der Waals surface area contributed by atoms with Gasteiger partial charge in [0, 0.05) is 11.1 Å². The van der Waals surface area contributed by atoms with Crippen molar-refractivity contribution in [3.63, 3.8) is 0 Å². The van der Waals surface area contributed by atoms with Crippen molar-refractivity contribution in [3.8, 4) is 5.75 Å². The predicted molar refractivity (Wildman–Crippen MR) is 150 cm³/mol. The first-order valence-corrected chi connectivity index (χ1v) is 13.4. The van der Waals surface area contributed by atoms with Crippen LogP contribution in [0.15, 0.2) is 97.1 Å². The molecule has 0 heterocycles. The van der Waals surface area contributed by atoms with Crippen molar-refractivity contribution >= 4 is 45.8 Å². The SMILES string of the molecule is CCOc1ccc(P(C(=O)c2c(C)ccc3ccccc23)C(=O)c2c(C)ccc3ccccc23)cc1. The Morgan fingerprint density at radius 2 is 1.11 bits per heavy atom. The molecule has 36 heavy (non-hydrogen) atoms. The van der Waals surface area contributed by atoms with E-state index in [4.69, 9.17) is 4.74 Å². The number of fused-ring (bicyclic) bond motifs is 2. The number of benzene rings is 5. The molecule has 0 aliphatic heterocycles. The van der Waals surface area contributed by atoms with Crippen LogP contribution in [0.4, 0.5) is 0 Å². The van der Waals surface area contributed by atoms with Crippen molar-refractivity contribution in [2.75, 3.05) is 6.61 Å². The summed E-state index contributed by atoms with van der Waals surface area (Å²) in [5.41, 5.74) is 2.75. The standard InChI is InChI=1S/C32H27O3P/c1-4-35-25-17-19-26(20-18-25)36(31(33)29-21(2)13-15-23-9-5-7-11-27(23)29)32(34)30-22(3)14-16-24-10-6-8-12-28(24)30/h5-20H,4H2,1-3H3. The van der Waals surface area contributed by atoms with Gasteiger partial charge in [0.15, 0.2) is 11.0 Å². The van der Waals surface area contributed by atoms with Crippen LogP contribution >= 0.6 is 7.92 Å². The summed E-state index contributed by atoms with van der Waals surface area (Å²) in [7, 11) is -1.86. The average molecular weight is 491 g/mol. The summed E-state index contributed by atoms with van der Waals surface area (Å²) in [5.74, 6) is 0.721. The van der Waals surface area contributed by atoms with Crippen molar-refractivity contribution in [1.82, 2.24) is 0 Å². The van der Waals surface area contributed by atoms with E-state index in [9.17, 15) is 9.59 Å². The molecule has 0 N–H and O–H groups in total. The first-order valence-electron chi connectivity index (χ1n) is 12.1. The lowest BCUT2D eigenvalue weighted by Crippen LogP contribution is -2.18. The maximum atomic E-state index is 14.4. The fourth-order valence-corrected chi connectivity index (χ4v) is 6.88. The smallest absolute Gasteiger partial charge is 0.197 e. The molecule has 0 saturated carbocycles. The highest BCUT2D eigenvalue weighted by atomic mass is 31.1. The van der Waals surface area contributed by atoms with E-state index < -0.39 is 7.92 Å². The number of hydrogen-bond acceptors (Lipinski definition) is 3. The molecule has 5 aromatic rings. The third-order valence-electron chi connectivity index (χ3n) is 6.51. The maximum absolute atomic E-state index is 14.4. The van der Waals surface area contributed by atoms with Crippen LogP contribution in [0.5, 0.6) is 5.75 Å². The molecule has 5 rings (SSSR count). The highest BCUT2D eigenvalue weighted by Gasteiger charge is 2.33. The van der Waals surface area contributed by atoms with Crippen LogP contribution in [0.2, 0.25) is 0 Å². The van der Waals surface area contributed by atoms with E-state index in [0.717, 1.165) is 43.7 Å². The monoisotopic (exact) mass is 490 g/mol. The van der Waals surface area contributed by atoms with E-state index in [1.807, 2.05) is 118 Å². The molecule has 0 fully saturated rings. The molecule has 0 aliphatic carbocycles. The minimum absolute atomic E-state index is 0.124. The summed E-state index contributed by atoms with van der Waals surface area (Å²) in [6, 6.07) is 31.2. The molecular weight excluding hydrogens is 463 g/mol. The van der Waals surface area contributed by atoms with Crippen molar-refractivity contribution in [1.29, 1.82) is 0 Å². The van der Waals surface area contributed by atoms with Crippen molar-refractivity contribution in [3.05, 3.63) is 119 Å². The van der Waals surface area contributed by atoms with Gasteiger partial charge in [0.1, 0.15) is 5.75 Å². The number of ether oxygens (including phenoxy) is 1. The van der Waals surface area contributed by atoms with Gasteiger partial charge < -0.3 is 4.74 Å². The molecule has 0 atom stereocenters. The number of hydrogen-bond donors (Lipinski definition) is 0. The summed E-state index contributed by atoms with van der Waals surface area (Å²) in [5, 5.41) is 4.46. The van der Waals surface area contributed by atoms with Gasteiger partial charge in [-0.3, -0.25) is 9.59 Å². The van der Waals surface area contributed by atoms with Crippen molar-refractivity contribution < 1.29 is 14.3 Å². The quantitative estimate of drug-likeness (QED) is 0.219. The third-order valence-corrected chi connectivity index (χ3v) is 8.59. The van der Waals surface area contributed by atoms with Gasteiger partial charge in [-0.25, -0.2) is 0 Å². The van der Waals surface area contributed by atoms with Crippen LogP contribution in [0.1, 0.15) is 38.8 Å². The molecule has 0 spiro atoms. The zero-order valence-electron chi connectivity index (χ0n) is 20.6. The molecule has 0 unspecified atom stereocenters. The first-order chi connectivity index (χ1) is 17.5. The average Bonchev–Trinajstić information content (AvgIpc) is 2.89. The number of rotatable bonds is 7. The largest absolute Gasteiger partial charge is 0.494 e. The van der Waals surface area contributed by atoms with E-state index in [1.165, 1.54) is 0 Å². The predicted octanol–water partition coefficient (Wildman–Crippen LogP) is 7.80. The van der Waals surface area contributed by atoms with Crippen LogP contribution in [0, 0.1) is 13.8 Å². The Bertz CT molecular complexity index is 1500. The Morgan fingerprint density at radius 1 is 0.639 bits per heavy atom. The second-order valence-corrected chi connectivity index (χ2v) is 10.8. The second kappa shape index (κ2) is 10.0. The van der Waals surface area contributed by atoms with E-state index in [2.05, 4.69) is 0 Å². The Morgan fingerprint density at radius 3 is 1.58 bits per heavy atom.